The molecule has 0 radical (unpaired) electrons. The maximum absolute atomic E-state index is 12.2. The van der Waals surface area contributed by atoms with E-state index in [0.29, 0.717) is 6.54 Å². The van der Waals surface area contributed by atoms with Crippen LogP contribution in [-0.2, 0) is 17.9 Å². The summed E-state index contributed by atoms with van der Waals surface area (Å²) in [5.74, 6) is 0.00590. The Morgan fingerprint density at radius 2 is 2.15 bits per heavy atom. The molecule has 2 aliphatic rings. The van der Waals surface area contributed by atoms with Crippen LogP contribution < -0.4 is 4.74 Å². The fourth-order valence-electron chi connectivity index (χ4n) is 4.55. The number of aryl methyl sites for hydroxylation is 2. The van der Waals surface area contributed by atoms with E-state index < -0.39 is 11.4 Å². The first kappa shape index (κ1) is 17.1. The van der Waals surface area contributed by atoms with Gasteiger partial charge in [0.2, 0.25) is 0 Å². The molecule has 2 aliphatic heterocycles. The maximum atomic E-state index is 12.2. The fraction of sp³-hybridized carbons (Fsp3) is 0.500. The number of carboxylic acids is 1. The molecule has 1 fully saturated rings. The predicted molar refractivity (Wildman–Crippen MR) is 97.4 cm³/mol. The normalized spacial score (nSPS) is 24.8. The van der Waals surface area contributed by atoms with Gasteiger partial charge in [-0.15, -0.1) is 0 Å². The van der Waals surface area contributed by atoms with E-state index in [-0.39, 0.29) is 12.5 Å². The lowest BCUT2D eigenvalue weighted by atomic mass is 9.73. The van der Waals surface area contributed by atoms with Crippen LogP contribution in [0.25, 0.3) is 0 Å². The van der Waals surface area contributed by atoms with Crippen LogP contribution in [-0.4, -0.2) is 45.5 Å². The Morgan fingerprint density at radius 3 is 2.85 bits per heavy atom. The first-order chi connectivity index (χ1) is 12.5. The molecule has 0 aliphatic carbocycles. The average molecular weight is 355 g/mol. The summed E-state index contributed by atoms with van der Waals surface area (Å²) in [5, 5.41) is 14.6. The highest BCUT2D eigenvalue weighted by atomic mass is 16.5. The van der Waals surface area contributed by atoms with E-state index in [4.69, 9.17) is 4.74 Å². The van der Waals surface area contributed by atoms with Crippen molar-refractivity contribution in [3.63, 3.8) is 0 Å². The number of carboxylic acid groups (broad SMARTS) is 1. The lowest BCUT2D eigenvalue weighted by Gasteiger charge is -2.35. The molecule has 1 saturated heterocycles. The van der Waals surface area contributed by atoms with Gasteiger partial charge in [-0.05, 0) is 32.4 Å². The van der Waals surface area contributed by atoms with Crippen molar-refractivity contribution < 1.29 is 14.6 Å². The second-order valence-electron chi connectivity index (χ2n) is 7.48. The summed E-state index contributed by atoms with van der Waals surface area (Å²) < 4.78 is 7.86. The van der Waals surface area contributed by atoms with Gasteiger partial charge in [-0.3, -0.25) is 14.4 Å². The highest BCUT2D eigenvalue weighted by Gasteiger charge is 2.56. The second kappa shape index (κ2) is 6.13. The topological polar surface area (TPSA) is 67.6 Å². The largest absolute Gasteiger partial charge is 0.492 e. The number of hydrogen-bond donors (Lipinski definition) is 1. The molecule has 0 amide bonds. The molecule has 1 aromatic heterocycles. The summed E-state index contributed by atoms with van der Waals surface area (Å²) in [6.45, 7) is 9.23. The number of carbonyl (C=O) groups is 1. The third-order valence-electron chi connectivity index (χ3n) is 6.03. The number of rotatable bonds is 4. The quantitative estimate of drug-likeness (QED) is 0.913. The van der Waals surface area contributed by atoms with E-state index in [1.807, 2.05) is 35.9 Å². The van der Waals surface area contributed by atoms with Crippen LogP contribution in [0.4, 0.5) is 0 Å². The van der Waals surface area contributed by atoms with Gasteiger partial charge in [0.15, 0.2) is 0 Å². The van der Waals surface area contributed by atoms with Gasteiger partial charge in [0.1, 0.15) is 17.8 Å². The lowest BCUT2D eigenvalue weighted by Crippen LogP contribution is -2.45. The number of hydrogen-bond acceptors (Lipinski definition) is 4. The van der Waals surface area contributed by atoms with E-state index in [1.165, 1.54) is 11.3 Å². The Labute approximate surface area is 153 Å². The van der Waals surface area contributed by atoms with Crippen LogP contribution in [0.2, 0.25) is 0 Å². The van der Waals surface area contributed by atoms with Crippen molar-refractivity contribution in [2.45, 2.75) is 39.8 Å². The van der Waals surface area contributed by atoms with Gasteiger partial charge in [0.05, 0.1) is 5.69 Å². The van der Waals surface area contributed by atoms with Gasteiger partial charge in [-0.25, -0.2) is 0 Å². The van der Waals surface area contributed by atoms with Gasteiger partial charge >= 0.3 is 5.97 Å². The number of aliphatic carboxylic acids is 1. The molecule has 2 atom stereocenters. The first-order valence-electron chi connectivity index (χ1n) is 9.16. The number of aromatic nitrogens is 2. The zero-order valence-electron chi connectivity index (χ0n) is 15.5. The van der Waals surface area contributed by atoms with Crippen LogP contribution in [0.15, 0.2) is 24.3 Å². The minimum atomic E-state index is -0.878. The lowest BCUT2D eigenvalue weighted by molar-refractivity contribution is -0.151. The summed E-state index contributed by atoms with van der Waals surface area (Å²) in [7, 11) is 0. The molecule has 6 nitrogen and oxygen atoms in total. The molecule has 26 heavy (non-hydrogen) atoms. The summed E-state index contributed by atoms with van der Waals surface area (Å²) >= 11 is 0. The SMILES string of the molecule is CCn1nc(C)c(CN2C[C@@H]3c4ccccc4OC[C@]3(C(=O)O)C2)c1C. The minimum absolute atomic E-state index is 0.0493. The van der Waals surface area contributed by atoms with Crippen molar-refractivity contribution in [3.8, 4) is 5.75 Å². The van der Waals surface area contributed by atoms with Gasteiger partial charge in [-0.1, -0.05) is 18.2 Å². The molecule has 0 bridgehead atoms. The standard InChI is InChI=1S/C20H25N3O3/c1-4-23-14(3)16(13(2)21-23)9-22-10-17-15-7-5-6-8-18(15)26-12-20(17,11-22)19(24)25/h5-8,17H,4,9-12H2,1-3H3,(H,24,25)/t17-,20-/m1/s1. The molecular formula is C20H25N3O3. The molecule has 4 rings (SSSR count). The zero-order chi connectivity index (χ0) is 18.5. The van der Waals surface area contributed by atoms with Crippen LogP contribution in [0.3, 0.4) is 0 Å². The van der Waals surface area contributed by atoms with Crippen molar-refractivity contribution >= 4 is 5.97 Å². The Balaban J connectivity index is 1.66. The van der Waals surface area contributed by atoms with E-state index in [9.17, 15) is 9.90 Å². The third-order valence-corrected chi connectivity index (χ3v) is 6.03. The smallest absolute Gasteiger partial charge is 0.315 e. The van der Waals surface area contributed by atoms with Crippen molar-refractivity contribution in [1.29, 1.82) is 0 Å². The molecule has 3 heterocycles. The van der Waals surface area contributed by atoms with E-state index in [2.05, 4.69) is 23.8 Å². The highest BCUT2D eigenvalue weighted by Crippen LogP contribution is 2.50. The number of nitrogens with zero attached hydrogens (tertiary/aromatic N) is 3. The Bertz CT molecular complexity index is 860. The molecule has 0 saturated carbocycles. The first-order valence-corrected chi connectivity index (χ1v) is 9.16. The zero-order valence-corrected chi connectivity index (χ0v) is 15.5. The summed E-state index contributed by atoms with van der Waals surface area (Å²) in [4.78, 5) is 14.5. The van der Waals surface area contributed by atoms with Crippen molar-refractivity contribution in [1.82, 2.24) is 14.7 Å². The Hall–Kier alpha value is -2.34. The molecule has 0 unspecified atom stereocenters. The highest BCUT2D eigenvalue weighted by molar-refractivity contribution is 5.78. The number of likely N-dealkylation sites (tertiary alicyclic amines) is 1. The van der Waals surface area contributed by atoms with Crippen LogP contribution in [0, 0.1) is 19.3 Å². The molecule has 1 aromatic carbocycles. The number of ether oxygens (including phenoxy) is 1. The number of benzene rings is 1. The predicted octanol–water partition coefficient (Wildman–Crippen LogP) is 2.58. The maximum Gasteiger partial charge on any atom is 0.315 e. The van der Waals surface area contributed by atoms with Crippen LogP contribution >= 0.6 is 0 Å². The van der Waals surface area contributed by atoms with Crippen LogP contribution in [0.5, 0.6) is 5.75 Å². The third kappa shape index (κ3) is 2.43. The minimum Gasteiger partial charge on any atom is -0.492 e. The van der Waals surface area contributed by atoms with E-state index >= 15 is 0 Å². The molecular weight excluding hydrogens is 330 g/mol. The molecule has 2 aromatic rings. The van der Waals surface area contributed by atoms with Gasteiger partial charge in [0.25, 0.3) is 0 Å². The molecule has 6 heteroatoms. The average Bonchev–Trinajstić information content (AvgIpc) is 3.15. The van der Waals surface area contributed by atoms with Crippen molar-refractivity contribution in [3.05, 3.63) is 46.8 Å². The number of para-hydroxylation sites is 1. The summed E-state index contributed by atoms with van der Waals surface area (Å²) in [6.07, 6.45) is 0. The fourth-order valence-corrected chi connectivity index (χ4v) is 4.55. The van der Waals surface area contributed by atoms with Crippen molar-refractivity contribution in [2.24, 2.45) is 5.41 Å². The van der Waals surface area contributed by atoms with Crippen LogP contribution in [0.1, 0.15) is 35.4 Å². The molecule has 1 N–H and O–H groups in total. The second-order valence-corrected chi connectivity index (χ2v) is 7.48. The van der Waals surface area contributed by atoms with E-state index in [1.54, 1.807) is 0 Å². The van der Waals surface area contributed by atoms with Gasteiger partial charge < -0.3 is 9.84 Å². The Kier molecular flexibility index (Phi) is 4.03. The van der Waals surface area contributed by atoms with Crippen molar-refractivity contribution in [2.75, 3.05) is 19.7 Å². The Morgan fingerprint density at radius 1 is 1.38 bits per heavy atom. The molecule has 0 spiro atoms. The number of fused-ring (bicyclic) bond motifs is 3. The molecule has 138 valence electrons. The monoisotopic (exact) mass is 355 g/mol. The summed E-state index contributed by atoms with van der Waals surface area (Å²) in [5.41, 5.74) is 3.54. The van der Waals surface area contributed by atoms with E-state index in [0.717, 1.165) is 36.6 Å². The van der Waals surface area contributed by atoms with Gasteiger partial charge in [-0.2, -0.15) is 5.10 Å². The van der Waals surface area contributed by atoms with Gasteiger partial charge in [0, 0.05) is 43.4 Å². The summed E-state index contributed by atoms with van der Waals surface area (Å²) in [6, 6.07) is 7.84.